The molecule has 0 radical (unpaired) electrons. The highest BCUT2D eigenvalue weighted by molar-refractivity contribution is 6.35. The van der Waals surface area contributed by atoms with Gasteiger partial charge in [0.25, 0.3) is 0 Å². The fraction of sp³-hybridized carbons (Fsp3) is 0.333. The van der Waals surface area contributed by atoms with Crippen LogP contribution in [0.5, 0.6) is 0 Å². The summed E-state index contributed by atoms with van der Waals surface area (Å²) in [5.41, 5.74) is 0.421. The minimum atomic E-state index is -0.973. The number of carboxylic acids is 1. The molecule has 0 saturated heterocycles. The van der Waals surface area contributed by atoms with Crippen LogP contribution in [0, 0.1) is 5.92 Å². The Hall–Kier alpha value is -1.26. The standard InChI is InChI=1S/C12H13Cl2NO3/c1-7(12(17)18)6-15(8(2)16)11-5-9(13)3-4-10(11)14/h3-5,7H,6H2,1-2H3,(H,17,18). The summed E-state index contributed by atoms with van der Waals surface area (Å²) in [6.07, 6.45) is 0. The van der Waals surface area contributed by atoms with Crippen molar-refractivity contribution in [1.82, 2.24) is 0 Å². The summed E-state index contributed by atoms with van der Waals surface area (Å²) in [7, 11) is 0. The molecule has 1 rings (SSSR count). The maximum atomic E-state index is 11.6. The highest BCUT2D eigenvalue weighted by Gasteiger charge is 2.21. The van der Waals surface area contributed by atoms with Crippen LogP contribution in [-0.2, 0) is 9.59 Å². The van der Waals surface area contributed by atoms with E-state index in [1.54, 1.807) is 18.2 Å². The van der Waals surface area contributed by atoms with E-state index in [9.17, 15) is 9.59 Å². The summed E-state index contributed by atoms with van der Waals surface area (Å²) >= 11 is 11.8. The molecular weight excluding hydrogens is 277 g/mol. The lowest BCUT2D eigenvalue weighted by Gasteiger charge is -2.24. The normalized spacial score (nSPS) is 12.0. The topological polar surface area (TPSA) is 57.6 Å². The Balaban J connectivity index is 3.08. The average Bonchev–Trinajstić information content (AvgIpc) is 2.28. The molecule has 1 aromatic rings. The van der Waals surface area contributed by atoms with Gasteiger partial charge in [0.05, 0.1) is 16.6 Å². The lowest BCUT2D eigenvalue weighted by atomic mass is 10.1. The first kappa shape index (κ1) is 14.8. The predicted molar refractivity (Wildman–Crippen MR) is 71.3 cm³/mol. The number of hydrogen-bond acceptors (Lipinski definition) is 2. The number of aliphatic carboxylic acids is 1. The molecule has 1 atom stereocenters. The summed E-state index contributed by atoms with van der Waals surface area (Å²) < 4.78 is 0. The second kappa shape index (κ2) is 6.07. The smallest absolute Gasteiger partial charge is 0.308 e. The fourth-order valence-corrected chi connectivity index (χ4v) is 1.83. The van der Waals surface area contributed by atoms with E-state index in [0.717, 1.165) is 0 Å². The van der Waals surface area contributed by atoms with Crippen LogP contribution in [0.25, 0.3) is 0 Å². The summed E-state index contributed by atoms with van der Waals surface area (Å²) in [5.74, 6) is -1.95. The minimum absolute atomic E-state index is 0.0464. The fourth-order valence-electron chi connectivity index (χ4n) is 1.44. The van der Waals surface area contributed by atoms with Gasteiger partial charge in [-0.2, -0.15) is 0 Å². The summed E-state index contributed by atoms with van der Waals surface area (Å²) in [5, 5.41) is 9.67. The van der Waals surface area contributed by atoms with E-state index in [1.807, 2.05) is 0 Å². The van der Waals surface area contributed by atoms with Gasteiger partial charge >= 0.3 is 5.97 Å². The molecule has 0 heterocycles. The van der Waals surface area contributed by atoms with Gasteiger partial charge in [-0.05, 0) is 18.2 Å². The average molecular weight is 290 g/mol. The Bertz CT molecular complexity index is 476. The van der Waals surface area contributed by atoms with Gasteiger partial charge in [0.15, 0.2) is 0 Å². The van der Waals surface area contributed by atoms with Crippen molar-refractivity contribution in [2.45, 2.75) is 13.8 Å². The Morgan fingerprint density at radius 2 is 2.00 bits per heavy atom. The highest BCUT2D eigenvalue weighted by atomic mass is 35.5. The molecule has 1 amide bonds. The zero-order chi connectivity index (χ0) is 13.9. The number of amides is 1. The van der Waals surface area contributed by atoms with E-state index in [-0.39, 0.29) is 12.5 Å². The lowest BCUT2D eigenvalue weighted by Crippen LogP contribution is -2.35. The van der Waals surface area contributed by atoms with Crippen molar-refractivity contribution in [3.8, 4) is 0 Å². The maximum Gasteiger partial charge on any atom is 0.308 e. The van der Waals surface area contributed by atoms with Crippen molar-refractivity contribution in [3.63, 3.8) is 0 Å². The van der Waals surface area contributed by atoms with Crippen molar-refractivity contribution < 1.29 is 14.7 Å². The Labute approximate surface area is 115 Å². The van der Waals surface area contributed by atoms with Crippen LogP contribution in [0.15, 0.2) is 18.2 Å². The third-order valence-corrected chi connectivity index (χ3v) is 3.01. The first-order chi connectivity index (χ1) is 8.32. The van der Waals surface area contributed by atoms with Crippen LogP contribution >= 0.6 is 23.2 Å². The molecular formula is C12H13Cl2NO3. The van der Waals surface area contributed by atoms with E-state index in [4.69, 9.17) is 28.3 Å². The van der Waals surface area contributed by atoms with Gasteiger partial charge in [-0.25, -0.2) is 0 Å². The number of benzene rings is 1. The van der Waals surface area contributed by atoms with Gasteiger partial charge in [0.1, 0.15) is 0 Å². The monoisotopic (exact) mass is 289 g/mol. The molecule has 0 aliphatic heterocycles. The molecule has 1 aromatic carbocycles. The van der Waals surface area contributed by atoms with Crippen molar-refractivity contribution in [2.24, 2.45) is 5.92 Å². The number of halogens is 2. The molecule has 1 N–H and O–H groups in total. The van der Waals surface area contributed by atoms with Crippen molar-refractivity contribution in [2.75, 3.05) is 11.4 Å². The van der Waals surface area contributed by atoms with Crippen LogP contribution < -0.4 is 4.90 Å². The second-order valence-corrected chi connectivity index (χ2v) is 4.81. The molecule has 0 saturated carbocycles. The molecule has 18 heavy (non-hydrogen) atoms. The van der Waals surface area contributed by atoms with Gasteiger partial charge in [-0.15, -0.1) is 0 Å². The number of rotatable bonds is 4. The second-order valence-electron chi connectivity index (χ2n) is 3.96. The van der Waals surface area contributed by atoms with Gasteiger partial charge in [0, 0.05) is 18.5 Å². The number of nitrogens with zero attached hydrogens (tertiary/aromatic N) is 1. The van der Waals surface area contributed by atoms with Gasteiger partial charge in [0.2, 0.25) is 5.91 Å². The first-order valence-electron chi connectivity index (χ1n) is 5.29. The molecule has 0 aliphatic rings. The quantitative estimate of drug-likeness (QED) is 0.927. The van der Waals surface area contributed by atoms with E-state index < -0.39 is 11.9 Å². The first-order valence-corrected chi connectivity index (χ1v) is 6.04. The molecule has 0 bridgehead atoms. The van der Waals surface area contributed by atoms with E-state index in [0.29, 0.717) is 15.7 Å². The number of anilines is 1. The molecule has 0 aromatic heterocycles. The summed E-state index contributed by atoms with van der Waals surface area (Å²) in [6, 6.07) is 4.72. The van der Waals surface area contributed by atoms with Crippen molar-refractivity contribution in [1.29, 1.82) is 0 Å². The molecule has 0 fully saturated rings. The Morgan fingerprint density at radius 3 is 2.50 bits per heavy atom. The van der Waals surface area contributed by atoms with Crippen LogP contribution in [0.1, 0.15) is 13.8 Å². The van der Waals surface area contributed by atoms with Crippen molar-refractivity contribution in [3.05, 3.63) is 28.2 Å². The largest absolute Gasteiger partial charge is 0.481 e. The van der Waals surface area contributed by atoms with Crippen LogP contribution in [0.4, 0.5) is 5.69 Å². The van der Waals surface area contributed by atoms with Gasteiger partial charge < -0.3 is 10.0 Å². The third-order valence-electron chi connectivity index (χ3n) is 2.46. The Kier molecular flexibility index (Phi) is 4.99. The van der Waals surface area contributed by atoms with Crippen LogP contribution in [0.2, 0.25) is 10.0 Å². The summed E-state index contributed by atoms with van der Waals surface area (Å²) in [4.78, 5) is 23.8. The SMILES string of the molecule is CC(=O)N(CC(C)C(=O)O)c1cc(Cl)ccc1Cl. The number of carbonyl (C=O) groups excluding carboxylic acids is 1. The zero-order valence-corrected chi connectivity index (χ0v) is 11.5. The number of carbonyl (C=O) groups is 2. The van der Waals surface area contributed by atoms with E-state index in [1.165, 1.54) is 18.7 Å². The van der Waals surface area contributed by atoms with Gasteiger partial charge in [-0.1, -0.05) is 30.1 Å². The highest BCUT2D eigenvalue weighted by Crippen LogP contribution is 2.29. The number of hydrogen-bond donors (Lipinski definition) is 1. The Morgan fingerprint density at radius 1 is 1.39 bits per heavy atom. The van der Waals surface area contributed by atoms with E-state index in [2.05, 4.69) is 0 Å². The van der Waals surface area contributed by atoms with Crippen molar-refractivity contribution >= 4 is 40.8 Å². The molecule has 0 aliphatic carbocycles. The molecule has 4 nitrogen and oxygen atoms in total. The molecule has 0 spiro atoms. The molecule has 1 unspecified atom stereocenters. The van der Waals surface area contributed by atoms with E-state index >= 15 is 0 Å². The molecule has 6 heteroatoms. The predicted octanol–water partition coefficient (Wildman–Crippen LogP) is 3.07. The summed E-state index contributed by atoms with van der Waals surface area (Å²) in [6.45, 7) is 2.92. The maximum absolute atomic E-state index is 11.6. The van der Waals surface area contributed by atoms with Crippen LogP contribution in [0.3, 0.4) is 0 Å². The lowest BCUT2D eigenvalue weighted by molar-refractivity contribution is -0.140. The molecule has 98 valence electrons. The zero-order valence-electron chi connectivity index (χ0n) is 9.98. The third kappa shape index (κ3) is 3.62. The number of carboxylic acid groups (broad SMARTS) is 1. The van der Waals surface area contributed by atoms with Gasteiger partial charge in [-0.3, -0.25) is 9.59 Å². The minimum Gasteiger partial charge on any atom is -0.481 e. The van der Waals surface area contributed by atoms with Crippen LogP contribution in [-0.4, -0.2) is 23.5 Å².